The summed E-state index contributed by atoms with van der Waals surface area (Å²) < 4.78 is 0. The average Bonchev–Trinajstić information content (AvgIpc) is 2.82. The van der Waals surface area contributed by atoms with Crippen LogP contribution in [-0.2, 0) is 0 Å². The molecule has 0 atom stereocenters. The van der Waals surface area contributed by atoms with Crippen molar-refractivity contribution >= 4 is 23.8 Å². The van der Waals surface area contributed by atoms with Gasteiger partial charge in [0.1, 0.15) is 5.82 Å². The number of aromatic nitrogens is 3. The molecule has 0 radical (unpaired) electrons. The number of anilines is 1. The van der Waals surface area contributed by atoms with Crippen LogP contribution in [0.25, 0.3) is 0 Å². The number of rotatable bonds is 3. The first kappa shape index (κ1) is 23.2. The highest BCUT2D eigenvalue weighted by Gasteiger charge is 2.51. The van der Waals surface area contributed by atoms with E-state index in [1.165, 1.54) is 19.3 Å². The van der Waals surface area contributed by atoms with E-state index in [-0.39, 0.29) is 11.6 Å². The maximum absolute atomic E-state index is 13.4. The van der Waals surface area contributed by atoms with Gasteiger partial charge in [0.2, 0.25) is 5.96 Å². The molecule has 3 heterocycles. The van der Waals surface area contributed by atoms with E-state index in [0.29, 0.717) is 11.9 Å². The van der Waals surface area contributed by atoms with Gasteiger partial charge in [0.15, 0.2) is 0 Å². The van der Waals surface area contributed by atoms with E-state index < -0.39 is 0 Å². The number of aliphatic imine (C=N–C) groups is 1. The first-order valence-corrected chi connectivity index (χ1v) is 13.3. The van der Waals surface area contributed by atoms with E-state index in [9.17, 15) is 4.79 Å². The van der Waals surface area contributed by atoms with Crippen LogP contribution in [0.2, 0.25) is 0 Å². The number of hydrogen-bond acceptors (Lipinski definition) is 6. The topological polar surface area (TPSA) is 98.6 Å². The first-order chi connectivity index (χ1) is 17.4. The number of pyridine rings is 1. The fourth-order valence-corrected chi connectivity index (χ4v) is 7.36. The van der Waals surface area contributed by atoms with Crippen molar-refractivity contribution in [1.82, 2.24) is 30.5 Å². The number of aryl methyl sites for hydroxylation is 2. The lowest BCUT2D eigenvalue weighted by Crippen LogP contribution is -2.63. The molecule has 0 aromatic carbocycles. The molecule has 1 aliphatic heterocycles. The van der Waals surface area contributed by atoms with Gasteiger partial charge in [-0.2, -0.15) is 4.99 Å². The van der Waals surface area contributed by atoms with Crippen molar-refractivity contribution in [3.05, 3.63) is 41.9 Å². The normalized spacial score (nSPS) is 29.4. The molecule has 2 amide bonds. The molecular weight excluding hydrogens is 452 g/mol. The third kappa shape index (κ3) is 4.88. The number of nitrogens with zero attached hydrogens (tertiary/aromatic N) is 6. The summed E-state index contributed by atoms with van der Waals surface area (Å²) in [5.41, 5.74) is 1.66. The van der Waals surface area contributed by atoms with E-state index in [1.807, 2.05) is 44.3 Å². The molecule has 5 aliphatic rings. The van der Waals surface area contributed by atoms with E-state index >= 15 is 0 Å². The molecule has 9 nitrogen and oxygen atoms in total. The van der Waals surface area contributed by atoms with E-state index in [4.69, 9.17) is 4.99 Å². The smallest absolute Gasteiger partial charge is 0.321 e. The zero-order chi connectivity index (χ0) is 24.7. The number of amides is 2. The second-order valence-electron chi connectivity index (χ2n) is 11.3. The van der Waals surface area contributed by atoms with Gasteiger partial charge in [-0.25, -0.2) is 19.7 Å². The average molecular weight is 489 g/mol. The van der Waals surface area contributed by atoms with Crippen molar-refractivity contribution in [2.75, 3.05) is 31.1 Å². The molecule has 2 aromatic rings. The van der Waals surface area contributed by atoms with Gasteiger partial charge in [-0.3, -0.25) is 5.32 Å². The fourth-order valence-electron chi connectivity index (χ4n) is 7.36. The molecule has 9 heteroatoms. The van der Waals surface area contributed by atoms with Crippen LogP contribution in [-0.4, -0.2) is 63.6 Å². The van der Waals surface area contributed by atoms with Crippen LogP contribution < -0.4 is 15.5 Å². The van der Waals surface area contributed by atoms with E-state index in [2.05, 4.69) is 35.4 Å². The van der Waals surface area contributed by atoms with Gasteiger partial charge in [-0.15, -0.1) is 0 Å². The second kappa shape index (κ2) is 9.33. The van der Waals surface area contributed by atoms with Crippen LogP contribution in [0.5, 0.6) is 0 Å². The second-order valence-corrected chi connectivity index (χ2v) is 11.3. The molecule has 2 N–H and O–H groups in total. The molecule has 0 spiro atoms. The van der Waals surface area contributed by atoms with Crippen LogP contribution in [0.3, 0.4) is 0 Å². The van der Waals surface area contributed by atoms with Crippen molar-refractivity contribution in [3.8, 4) is 0 Å². The molecule has 2 aromatic heterocycles. The molecule has 190 valence electrons. The minimum Gasteiger partial charge on any atom is -0.353 e. The van der Waals surface area contributed by atoms with Gasteiger partial charge in [0, 0.05) is 49.3 Å². The Kier molecular flexibility index (Phi) is 6.01. The molecule has 36 heavy (non-hydrogen) atoms. The van der Waals surface area contributed by atoms with Crippen LogP contribution >= 0.6 is 0 Å². The minimum atomic E-state index is -0.160. The standard InChI is InChI=1S/C27H36N8O/c1-18-11-19(2)30-24(29-18)31-25(35-9-7-34(8-10-35)23-5-3-4-6-28-23)32-26(36)33-27-15-20-12-21(16-27)14-22(13-20)17-27/h3-6,11,20-22H,7-10,12-17H2,1-2H3,(H2,29,30,31,32,33,36). The van der Waals surface area contributed by atoms with Crippen molar-refractivity contribution in [2.45, 2.75) is 57.9 Å². The molecule has 4 bridgehead atoms. The number of nitrogens with one attached hydrogen (secondary N) is 2. The highest BCUT2D eigenvalue weighted by molar-refractivity contribution is 5.97. The third-order valence-electron chi connectivity index (χ3n) is 8.37. The summed E-state index contributed by atoms with van der Waals surface area (Å²) in [5.74, 6) is 4.18. The van der Waals surface area contributed by atoms with Gasteiger partial charge in [0.25, 0.3) is 5.95 Å². The fraction of sp³-hybridized carbons (Fsp3) is 0.593. The summed E-state index contributed by atoms with van der Waals surface area (Å²) in [4.78, 5) is 36.0. The Morgan fingerprint density at radius 2 is 1.61 bits per heavy atom. The molecule has 5 fully saturated rings. The zero-order valence-electron chi connectivity index (χ0n) is 21.3. The molecule has 7 rings (SSSR count). The number of hydrogen-bond donors (Lipinski definition) is 2. The monoisotopic (exact) mass is 488 g/mol. The zero-order valence-corrected chi connectivity index (χ0v) is 21.3. The van der Waals surface area contributed by atoms with Gasteiger partial charge >= 0.3 is 6.03 Å². The predicted molar refractivity (Wildman–Crippen MR) is 139 cm³/mol. The van der Waals surface area contributed by atoms with Crippen molar-refractivity contribution in [2.24, 2.45) is 22.7 Å². The van der Waals surface area contributed by atoms with E-state index in [1.54, 1.807) is 0 Å². The Morgan fingerprint density at radius 1 is 0.972 bits per heavy atom. The first-order valence-electron chi connectivity index (χ1n) is 13.3. The molecule has 1 saturated heterocycles. The Balaban J connectivity index is 1.19. The number of carbonyl (C=O) groups is 1. The van der Waals surface area contributed by atoms with Gasteiger partial charge in [0.05, 0.1) is 0 Å². The Hall–Kier alpha value is -3.23. The van der Waals surface area contributed by atoms with Gasteiger partial charge in [-0.1, -0.05) is 6.07 Å². The van der Waals surface area contributed by atoms with Gasteiger partial charge < -0.3 is 15.1 Å². The summed E-state index contributed by atoms with van der Waals surface area (Å²) >= 11 is 0. The largest absolute Gasteiger partial charge is 0.353 e. The number of piperazine rings is 1. The quantitative estimate of drug-likeness (QED) is 0.506. The lowest BCUT2D eigenvalue weighted by molar-refractivity contribution is -0.0133. The van der Waals surface area contributed by atoms with E-state index in [0.717, 1.165) is 80.4 Å². The van der Waals surface area contributed by atoms with Crippen molar-refractivity contribution < 1.29 is 4.79 Å². The SMILES string of the molecule is Cc1cc(C)nc(/N=C(/NC(=O)NC23CC4CC(CC(C4)C2)C3)N2CCN(c3ccccn3)CC2)n1. The van der Waals surface area contributed by atoms with Gasteiger partial charge in [-0.05, 0) is 88.3 Å². The lowest BCUT2D eigenvalue weighted by Gasteiger charge is -2.56. The molecule has 4 saturated carbocycles. The number of guanidine groups is 1. The van der Waals surface area contributed by atoms with Crippen LogP contribution in [0.4, 0.5) is 16.6 Å². The Labute approximate surface area is 212 Å². The van der Waals surface area contributed by atoms with Crippen LogP contribution in [0.15, 0.2) is 35.5 Å². The van der Waals surface area contributed by atoms with Crippen molar-refractivity contribution in [1.29, 1.82) is 0 Å². The number of urea groups is 1. The highest BCUT2D eigenvalue weighted by Crippen LogP contribution is 2.55. The summed E-state index contributed by atoms with van der Waals surface area (Å²) in [6.45, 7) is 6.90. The molecular formula is C27H36N8O. The van der Waals surface area contributed by atoms with Crippen LogP contribution in [0.1, 0.15) is 49.9 Å². The summed E-state index contributed by atoms with van der Waals surface area (Å²) in [6.07, 6.45) is 9.20. The summed E-state index contributed by atoms with van der Waals surface area (Å²) in [5, 5.41) is 6.53. The maximum atomic E-state index is 13.4. The highest BCUT2D eigenvalue weighted by atomic mass is 16.2. The maximum Gasteiger partial charge on any atom is 0.321 e. The van der Waals surface area contributed by atoms with Crippen LogP contribution in [0, 0.1) is 31.6 Å². The number of carbonyl (C=O) groups excluding carboxylic acids is 1. The predicted octanol–water partition coefficient (Wildman–Crippen LogP) is 3.57. The summed E-state index contributed by atoms with van der Waals surface area (Å²) in [6, 6.07) is 7.74. The summed E-state index contributed by atoms with van der Waals surface area (Å²) in [7, 11) is 0. The molecule has 0 unspecified atom stereocenters. The molecule has 4 aliphatic carbocycles. The van der Waals surface area contributed by atoms with Crippen molar-refractivity contribution in [3.63, 3.8) is 0 Å². The Bertz CT molecular complexity index is 1090. The third-order valence-corrected chi connectivity index (χ3v) is 8.37. The Morgan fingerprint density at radius 3 is 2.19 bits per heavy atom. The minimum absolute atomic E-state index is 0.0575. The lowest BCUT2D eigenvalue weighted by atomic mass is 9.53.